The van der Waals surface area contributed by atoms with Crippen LogP contribution in [0.3, 0.4) is 0 Å². The van der Waals surface area contributed by atoms with Gasteiger partial charge in [0.25, 0.3) is 0 Å². The lowest BCUT2D eigenvalue weighted by molar-refractivity contribution is -0.138. The van der Waals surface area contributed by atoms with Crippen LogP contribution in [-0.2, 0) is 11.0 Å². The Morgan fingerprint density at radius 2 is 1.96 bits per heavy atom. The molecule has 5 nitrogen and oxygen atoms in total. The van der Waals surface area contributed by atoms with E-state index in [0.29, 0.717) is 19.4 Å². The molecule has 1 heterocycles. The molecule has 0 aromatic heterocycles. The summed E-state index contributed by atoms with van der Waals surface area (Å²) in [6.45, 7) is 1.76. The highest BCUT2D eigenvalue weighted by atomic mass is 19.4. The van der Waals surface area contributed by atoms with Crippen molar-refractivity contribution in [3.63, 3.8) is 0 Å². The largest absolute Gasteiger partial charge is 0.416 e. The van der Waals surface area contributed by atoms with Gasteiger partial charge in [0.2, 0.25) is 5.91 Å². The van der Waals surface area contributed by atoms with Crippen LogP contribution in [0.15, 0.2) is 18.2 Å². The third kappa shape index (κ3) is 3.80. The van der Waals surface area contributed by atoms with Crippen molar-refractivity contribution in [3.8, 4) is 0 Å². The summed E-state index contributed by atoms with van der Waals surface area (Å²) in [5, 5.41) is 2.46. The van der Waals surface area contributed by atoms with Crippen molar-refractivity contribution < 1.29 is 22.8 Å². The molecule has 1 aliphatic heterocycles. The van der Waals surface area contributed by atoms with Crippen LogP contribution < -0.4 is 5.32 Å². The first-order valence-corrected chi connectivity index (χ1v) is 7.58. The molecule has 132 valence electrons. The Labute approximate surface area is 138 Å². The van der Waals surface area contributed by atoms with Gasteiger partial charge in [0.15, 0.2) is 0 Å². The van der Waals surface area contributed by atoms with Gasteiger partial charge in [-0.2, -0.15) is 13.2 Å². The van der Waals surface area contributed by atoms with Crippen LogP contribution in [0.1, 0.15) is 24.0 Å². The van der Waals surface area contributed by atoms with E-state index in [2.05, 4.69) is 5.32 Å². The number of halogens is 3. The smallest absolute Gasteiger partial charge is 0.347 e. The molecule has 8 heteroatoms. The molecular formula is C16H20F3N3O2. The average Bonchev–Trinajstić information content (AvgIpc) is 2.96. The molecule has 1 N–H and O–H groups in total. The summed E-state index contributed by atoms with van der Waals surface area (Å²) in [5.41, 5.74) is -0.647. The van der Waals surface area contributed by atoms with Crippen molar-refractivity contribution >= 4 is 17.6 Å². The molecule has 1 atom stereocenters. The zero-order valence-corrected chi connectivity index (χ0v) is 13.8. The van der Waals surface area contributed by atoms with Crippen LogP contribution in [0.5, 0.6) is 0 Å². The molecule has 1 fully saturated rings. The number of alkyl halides is 3. The lowest BCUT2D eigenvalue weighted by atomic mass is 10.1. The van der Waals surface area contributed by atoms with Crippen LogP contribution in [0.25, 0.3) is 0 Å². The molecule has 0 aliphatic carbocycles. The number of hydrogen-bond acceptors (Lipinski definition) is 2. The number of likely N-dealkylation sites (tertiary alicyclic amines) is 1. The Kier molecular flexibility index (Phi) is 5.05. The van der Waals surface area contributed by atoms with E-state index in [-0.39, 0.29) is 17.2 Å². The van der Waals surface area contributed by atoms with Crippen LogP contribution >= 0.6 is 0 Å². The van der Waals surface area contributed by atoms with Gasteiger partial charge in [-0.25, -0.2) is 4.79 Å². The lowest BCUT2D eigenvalue weighted by Crippen LogP contribution is -2.47. The summed E-state index contributed by atoms with van der Waals surface area (Å²) in [6, 6.07) is 2.50. The summed E-state index contributed by atoms with van der Waals surface area (Å²) in [5.74, 6) is -0.192. The third-order valence-electron chi connectivity index (χ3n) is 4.03. The maximum Gasteiger partial charge on any atom is 0.416 e. The van der Waals surface area contributed by atoms with Crippen molar-refractivity contribution in [2.24, 2.45) is 0 Å². The second-order valence-electron chi connectivity index (χ2n) is 6.04. The normalized spacial score (nSPS) is 17.8. The van der Waals surface area contributed by atoms with Gasteiger partial charge in [0, 0.05) is 26.3 Å². The fraction of sp³-hybridized carbons (Fsp3) is 0.500. The minimum Gasteiger partial charge on any atom is -0.347 e. The van der Waals surface area contributed by atoms with E-state index in [0.717, 1.165) is 6.07 Å². The summed E-state index contributed by atoms with van der Waals surface area (Å²) < 4.78 is 38.9. The molecule has 0 bridgehead atoms. The number of rotatable bonds is 2. The first-order chi connectivity index (χ1) is 11.1. The zero-order valence-electron chi connectivity index (χ0n) is 13.8. The van der Waals surface area contributed by atoms with Gasteiger partial charge < -0.3 is 15.1 Å². The highest BCUT2D eigenvalue weighted by Crippen LogP contribution is 2.33. The van der Waals surface area contributed by atoms with Crippen molar-refractivity contribution in [1.29, 1.82) is 0 Å². The lowest BCUT2D eigenvalue weighted by Gasteiger charge is -2.26. The molecule has 2 rings (SSSR count). The Bertz CT molecular complexity index is 644. The van der Waals surface area contributed by atoms with Crippen molar-refractivity contribution in [2.75, 3.05) is 26.0 Å². The van der Waals surface area contributed by atoms with E-state index in [1.54, 1.807) is 14.1 Å². The minimum absolute atomic E-state index is 0.0564. The molecule has 3 amide bonds. The number of amides is 3. The molecule has 1 aliphatic rings. The second-order valence-corrected chi connectivity index (χ2v) is 6.04. The number of benzene rings is 1. The number of nitrogens with zero attached hydrogens (tertiary/aromatic N) is 2. The monoisotopic (exact) mass is 343 g/mol. The average molecular weight is 343 g/mol. The summed E-state index contributed by atoms with van der Waals surface area (Å²) in [6.07, 6.45) is -3.26. The number of hydrogen-bond donors (Lipinski definition) is 1. The van der Waals surface area contributed by atoms with Crippen LogP contribution in [0, 0.1) is 6.92 Å². The standard InChI is InChI=1S/C16H20F3N3O2/c1-10-6-7-11(9-12(10)16(17,18)19)20-15(24)22-8-4-5-13(22)14(23)21(2)3/h6-7,9,13H,4-5,8H2,1-3H3,(H,20,24)/t13-/m0/s1. The number of aryl methyl sites for hydroxylation is 1. The van der Waals surface area contributed by atoms with Gasteiger partial charge in [0.05, 0.1) is 5.56 Å². The van der Waals surface area contributed by atoms with Gasteiger partial charge in [-0.15, -0.1) is 0 Å². The molecule has 1 aromatic rings. The highest BCUT2D eigenvalue weighted by Gasteiger charge is 2.36. The molecule has 1 saturated heterocycles. The van der Waals surface area contributed by atoms with E-state index in [1.807, 2.05) is 0 Å². The van der Waals surface area contributed by atoms with Crippen LogP contribution in [-0.4, -0.2) is 48.4 Å². The van der Waals surface area contributed by atoms with E-state index in [9.17, 15) is 22.8 Å². The molecule has 0 saturated carbocycles. The van der Waals surface area contributed by atoms with Crippen molar-refractivity contribution in [2.45, 2.75) is 32.0 Å². The Balaban J connectivity index is 2.16. The SMILES string of the molecule is Cc1ccc(NC(=O)N2CCC[C@H]2C(=O)N(C)C)cc1C(F)(F)F. The van der Waals surface area contributed by atoms with Crippen molar-refractivity contribution in [1.82, 2.24) is 9.80 Å². The number of likely N-dealkylation sites (N-methyl/N-ethyl adjacent to an activating group) is 1. The Morgan fingerprint density at radius 3 is 2.54 bits per heavy atom. The quantitative estimate of drug-likeness (QED) is 0.897. The fourth-order valence-corrected chi connectivity index (χ4v) is 2.77. The molecule has 24 heavy (non-hydrogen) atoms. The van der Waals surface area contributed by atoms with Crippen LogP contribution in [0.4, 0.5) is 23.7 Å². The Hall–Kier alpha value is -2.25. The summed E-state index contributed by atoms with van der Waals surface area (Å²) in [4.78, 5) is 27.2. The van der Waals surface area contributed by atoms with Crippen molar-refractivity contribution in [3.05, 3.63) is 29.3 Å². The van der Waals surface area contributed by atoms with Gasteiger partial charge >= 0.3 is 12.2 Å². The zero-order chi connectivity index (χ0) is 18.1. The summed E-state index contributed by atoms with van der Waals surface area (Å²) in [7, 11) is 3.21. The van der Waals surface area contributed by atoms with Crippen LogP contribution in [0.2, 0.25) is 0 Å². The topological polar surface area (TPSA) is 52.7 Å². The van der Waals surface area contributed by atoms with E-state index in [4.69, 9.17) is 0 Å². The van der Waals surface area contributed by atoms with Gasteiger partial charge in [-0.3, -0.25) is 4.79 Å². The van der Waals surface area contributed by atoms with Gasteiger partial charge in [0.1, 0.15) is 6.04 Å². The Morgan fingerprint density at radius 1 is 1.29 bits per heavy atom. The molecular weight excluding hydrogens is 323 g/mol. The first-order valence-electron chi connectivity index (χ1n) is 7.58. The van der Waals surface area contributed by atoms with E-state index >= 15 is 0 Å². The van der Waals surface area contributed by atoms with Gasteiger partial charge in [-0.1, -0.05) is 6.07 Å². The number of anilines is 1. The number of urea groups is 1. The highest BCUT2D eigenvalue weighted by molar-refractivity contribution is 5.94. The molecule has 0 unspecified atom stereocenters. The maximum absolute atomic E-state index is 13.0. The van der Waals surface area contributed by atoms with E-state index in [1.165, 1.54) is 28.9 Å². The predicted molar refractivity (Wildman–Crippen MR) is 83.6 cm³/mol. The third-order valence-corrected chi connectivity index (χ3v) is 4.03. The van der Waals surface area contributed by atoms with Gasteiger partial charge in [-0.05, 0) is 37.5 Å². The second kappa shape index (κ2) is 6.70. The molecule has 1 aromatic carbocycles. The first kappa shape index (κ1) is 18.1. The number of carbonyl (C=O) groups is 2. The fourth-order valence-electron chi connectivity index (χ4n) is 2.77. The minimum atomic E-state index is -4.48. The molecule has 0 spiro atoms. The number of nitrogens with one attached hydrogen (secondary N) is 1. The van der Waals surface area contributed by atoms with E-state index < -0.39 is 23.8 Å². The summed E-state index contributed by atoms with van der Waals surface area (Å²) >= 11 is 0. The predicted octanol–water partition coefficient (Wildman–Crippen LogP) is 3.10. The number of carbonyl (C=O) groups excluding carboxylic acids is 2. The maximum atomic E-state index is 13.0. The molecule has 0 radical (unpaired) electrons.